The third-order valence-electron chi connectivity index (χ3n) is 2.49. The van der Waals surface area contributed by atoms with Crippen molar-refractivity contribution in [3.63, 3.8) is 0 Å². The van der Waals surface area contributed by atoms with Gasteiger partial charge in [-0.3, -0.25) is 10.1 Å². The Bertz CT molecular complexity index is 678. The largest absolute Gasteiger partial charge is 0.478 e. The maximum Gasteiger partial charge on any atom is 0.328 e. The summed E-state index contributed by atoms with van der Waals surface area (Å²) >= 11 is 2.81. The van der Waals surface area contributed by atoms with Gasteiger partial charge in [-0.05, 0) is 36.6 Å². The van der Waals surface area contributed by atoms with Crippen molar-refractivity contribution in [2.75, 3.05) is 11.6 Å². The summed E-state index contributed by atoms with van der Waals surface area (Å²) in [5.74, 6) is -1.27. The zero-order valence-corrected chi connectivity index (χ0v) is 12.7. The van der Waals surface area contributed by atoms with Crippen LogP contribution in [0.1, 0.15) is 15.2 Å². The number of benzene rings is 1. The third-order valence-corrected chi connectivity index (χ3v) is 4.11. The van der Waals surface area contributed by atoms with Crippen LogP contribution in [-0.2, 0) is 4.79 Å². The van der Waals surface area contributed by atoms with Crippen molar-refractivity contribution in [3.05, 3.63) is 47.0 Å². The van der Waals surface area contributed by atoms with Crippen LogP contribution in [0, 0.1) is 0 Å². The average Bonchev–Trinajstić information content (AvgIpc) is 2.92. The molecule has 108 valence electrons. The first-order valence-electron chi connectivity index (χ1n) is 5.91. The van der Waals surface area contributed by atoms with Crippen molar-refractivity contribution < 1.29 is 14.7 Å². The summed E-state index contributed by atoms with van der Waals surface area (Å²) in [4.78, 5) is 28.2. The fraction of sp³-hybridized carbons (Fsp3) is 0.0714. The van der Waals surface area contributed by atoms with Gasteiger partial charge in [0.25, 0.3) is 5.91 Å². The smallest absolute Gasteiger partial charge is 0.328 e. The Labute approximate surface area is 129 Å². The molecule has 1 amide bonds. The van der Waals surface area contributed by atoms with Gasteiger partial charge in [0.15, 0.2) is 5.13 Å². The van der Waals surface area contributed by atoms with E-state index in [-0.39, 0.29) is 5.91 Å². The lowest BCUT2D eigenvalue weighted by Crippen LogP contribution is -2.11. The predicted molar refractivity (Wildman–Crippen MR) is 85.0 cm³/mol. The van der Waals surface area contributed by atoms with E-state index in [1.54, 1.807) is 23.9 Å². The van der Waals surface area contributed by atoms with Crippen molar-refractivity contribution >= 4 is 46.2 Å². The molecule has 0 aliphatic carbocycles. The lowest BCUT2D eigenvalue weighted by atomic mass is 10.2. The molecule has 2 aromatic rings. The third kappa shape index (κ3) is 4.44. The van der Waals surface area contributed by atoms with Crippen LogP contribution >= 0.6 is 23.1 Å². The second-order valence-electron chi connectivity index (χ2n) is 3.92. The average molecular weight is 320 g/mol. The number of thiazole rings is 1. The van der Waals surface area contributed by atoms with Gasteiger partial charge in [-0.2, -0.15) is 0 Å². The molecular formula is C14H12N2O3S2. The highest BCUT2D eigenvalue weighted by atomic mass is 32.2. The Hall–Kier alpha value is -2.12. The lowest BCUT2D eigenvalue weighted by molar-refractivity contribution is -0.131. The van der Waals surface area contributed by atoms with E-state index in [1.165, 1.54) is 23.6 Å². The SMILES string of the molecule is CSc1ccc(C(=O)Nc2ncc(C=CC(=O)O)s2)cc1. The van der Waals surface area contributed by atoms with Crippen LogP contribution < -0.4 is 5.32 Å². The normalized spacial score (nSPS) is 10.7. The number of hydrogen-bond acceptors (Lipinski definition) is 5. The standard InChI is InChI=1S/C14H12N2O3S2/c1-20-10-4-2-9(3-5-10)13(19)16-14-15-8-11(21-14)6-7-12(17)18/h2-8H,1H3,(H,17,18)(H,15,16,19). The van der Waals surface area contributed by atoms with Crippen molar-refractivity contribution in [2.24, 2.45) is 0 Å². The fourth-order valence-electron chi connectivity index (χ4n) is 1.49. The van der Waals surface area contributed by atoms with Crippen LogP contribution in [0.4, 0.5) is 5.13 Å². The molecule has 0 aliphatic heterocycles. The molecule has 5 nitrogen and oxygen atoms in total. The lowest BCUT2D eigenvalue weighted by Gasteiger charge is -2.02. The monoisotopic (exact) mass is 320 g/mol. The Balaban J connectivity index is 2.03. The molecule has 0 fully saturated rings. The Kier molecular flexibility index (Phi) is 5.13. The van der Waals surface area contributed by atoms with Gasteiger partial charge in [0, 0.05) is 27.6 Å². The molecule has 0 saturated heterocycles. The van der Waals surface area contributed by atoms with Gasteiger partial charge in [-0.15, -0.1) is 11.8 Å². The number of rotatable bonds is 5. The molecule has 0 radical (unpaired) electrons. The molecule has 1 aromatic heterocycles. The number of carbonyl (C=O) groups is 2. The van der Waals surface area contributed by atoms with Gasteiger partial charge in [0.05, 0.1) is 0 Å². The molecule has 0 unspecified atom stereocenters. The topological polar surface area (TPSA) is 79.3 Å². The number of anilines is 1. The number of carboxylic acids is 1. The molecular weight excluding hydrogens is 308 g/mol. The van der Waals surface area contributed by atoms with Crippen molar-refractivity contribution in [3.8, 4) is 0 Å². The van der Waals surface area contributed by atoms with E-state index in [0.29, 0.717) is 15.6 Å². The first-order valence-corrected chi connectivity index (χ1v) is 7.95. The van der Waals surface area contributed by atoms with Crippen LogP contribution in [0.2, 0.25) is 0 Å². The number of thioether (sulfide) groups is 1. The van der Waals surface area contributed by atoms with Gasteiger partial charge < -0.3 is 5.11 Å². The summed E-state index contributed by atoms with van der Waals surface area (Å²) in [5, 5.41) is 11.7. The minimum Gasteiger partial charge on any atom is -0.478 e. The van der Waals surface area contributed by atoms with E-state index in [9.17, 15) is 9.59 Å². The van der Waals surface area contributed by atoms with Crippen LogP contribution in [0.5, 0.6) is 0 Å². The highest BCUT2D eigenvalue weighted by Crippen LogP contribution is 2.21. The van der Waals surface area contributed by atoms with Crippen molar-refractivity contribution in [1.82, 2.24) is 4.98 Å². The minimum absolute atomic E-state index is 0.245. The molecule has 21 heavy (non-hydrogen) atoms. The quantitative estimate of drug-likeness (QED) is 0.653. The second-order valence-corrected chi connectivity index (χ2v) is 5.86. The summed E-state index contributed by atoms with van der Waals surface area (Å²) in [6.45, 7) is 0. The number of nitrogens with zero attached hydrogens (tertiary/aromatic N) is 1. The van der Waals surface area contributed by atoms with Gasteiger partial charge in [-0.1, -0.05) is 11.3 Å². The molecule has 1 heterocycles. The molecule has 2 rings (SSSR count). The van der Waals surface area contributed by atoms with Crippen LogP contribution in [0.15, 0.2) is 41.4 Å². The zero-order valence-electron chi connectivity index (χ0n) is 11.1. The summed E-state index contributed by atoms with van der Waals surface area (Å²) in [5.41, 5.74) is 0.547. The molecule has 1 aromatic carbocycles. The van der Waals surface area contributed by atoms with Crippen LogP contribution in [-0.4, -0.2) is 28.2 Å². The number of carbonyl (C=O) groups excluding carboxylic acids is 1. The summed E-state index contributed by atoms with van der Waals surface area (Å²) in [6.07, 6.45) is 5.94. The summed E-state index contributed by atoms with van der Waals surface area (Å²) in [7, 11) is 0. The van der Waals surface area contributed by atoms with E-state index >= 15 is 0 Å². The van der Waals surface area contributed by atoms with E-state index < -0.39 is 5.97 Å². The first-order chi connectivity index (χ1) is 10.1. The first kappa shape index (κ1) is 15.3. The van der Waals surface area contributed by atoms with E-state index in [1.807, 2.05) is 18.4 Å². The fourth-order valence-corrected chi connectivity index (χ4v) is 2.61. The Morgan fingerprint density at radius 2 is 2.05 bits per heavy atom. The molecule has 7 heteroatoms. The number of aromatic nitrogens is 1. The molecule has 0 atom stereocenters. The number of nitrogens with one attached hydrogen (secondary N) is 1. The van der Waals surface area contributed by atoms with Gasteiger partial charge >= 0.3 is 5.97 Å². The summed E-state index contributed by atoms with van der Waals surface area (Å²) in [6, 6.07) is 7.25. The van der Waals surface area contributed by atoms with Crippen LogP contribution in [0.25, 0.3) is 6.08 Å². The highest BCUT2D eigenvalue weighted by molar-refractivity contribution is 7.98. The number of hydrogen-bond donors (Lipinski definition) is 2. The zero-order chi connectivity index (χ0) is 15.2. The molecule has 0 aliphatic rings. The molecule has 2 N–H and O–H groups in total. The second kappa shape index (κ2) is 7.05. The van der Waals surface area contributed by atoms with Crippen molar-refractivity contribution in [1.29, 1.82) is 0 Å². The van der Waals surface area contributed by atoms with E-state index in [4.69, 9.17) is 5.11 Å². The molecule has 0 spiro atoms. The molecule has 0 bridgehead atoms. The van der Waals surface area contributed by atoms with Gasteiger partial charge in [-0.25, -0.2) is 9.78 Å². The number of aliphatic carboxylic acids is 1. The number of carboxylic acid groups (broad SMARTS) is 1. The maximum atomic E-state index is 12.0. The highest BCUT2D eigenvalue weighted by Gasteiger charge is 2.08. The van der Waals surface area contributed by atoms with E-state index in [0.717, 1.165) is 11.0 Å². The Morgan fingerprint density at radius 3 is 2.67 bits per heavy atom. The molecule has 0 saturated carbocycles. The Morgan fingerprint density at radius 1 is 1.33 bits per heavy atom. The van der Waals surface area contributed by atoms with Crippen LogP contribution in [0.3, 0.4) is 0 Å². The minimum atomic E-state index is -1.03. The van der Waals surface area contributed by atoms with Gasteiger partial charge in [0.1, 0.15) is 0 Å². The number of amides is 1. The maximum absolute atomic E-state index is 12.0. The van der Waals surface area contributed by atoms with Gasteiger partial charge in [0.2, 0.25) is 0 Å². The predicted octanol–water partition coefficient (Wildman–Crippen LogP) is 3.22. The van der Waals surface area contributed by atoms with Crippen molar-refractivity contribution in [2.45, 2.75) is 4.90 Å². The van der Waals surface area contributed by atoms with E-state index in [2.05, 4.69) is 10.3 Å². The summed E-state index contributed by atoms with van der Waals surface area (Å²) < 4.78 is 0.